The predicted molar refractivity (Wildman–Crippen MR) is 98.7 cm³/mol. The van der Waals surface area contributed by atoms with Crippen molar-refractivity contribution in [2.75, 3.05) is 11.9 Å². The van der Waals surface area contributed by atoms with Gasteiger partial charge < -0.3 is 10.1 Å². The molecule has 0 aliphatic carbocycles. The maximum atomic E-state index is 12.1. The second-order valence-corrected chi connectivity index (χ2v) is 6.00. The lowest BCUT2D eigenvalue weighted by molar-refractivity contribution is -0.119. The highest BCUT2D eigenvalue weighted by molar-refractivity contribution is 6.30. The third-order valence-electron chi connectivity index (χ3n) is 3.64. The molecule has 6 nitrogen and oxygen atoms in total. The number of amides is 1. The molecule has 2 aromatic carbocycles. The Bertz CT molecular complexity index is 918. The first-order valence-electron chi connectivity index (χ1n) is 7.86. The SMILES string of the molecule is Cc1ccnn1-c1ccc(C(=O)OCC(=O)Nc2ccc(Cl)cc2)cc1. The summed E-state index contributed by atoms with van der Waals surface area (Å²) in [6.45, 7) is 1.57. The quantitative estimate of drug-likeness (QED) is 0.697. The molecule has 3 aromatic rings. The average Bonchev–Trinajstić information content (AvgIpc) is 3.08. The van der Waals surface area contributed by atoms with Crippen LogP contribution in [0.15, 0.2) is 60.8 Å². The van der Waals surface area contributed by atoms with Gasteiger partial charge in [-0.1, -0.05) is 11.6 Å². The highest BCUT2D eigenvalue weighted by Crippen LogP contribution is 2.14. The summed E-state index contributed by atoms with van der Waals surface area (Å²) < 4.78 is 6.80. The first-order chi connectivity index (χ1) is 12.5. The summed E-state index contributed by atoms with van der Waals surface area (Å²) in [5, 5.41) is 7.40. The summed E-state index contributed by atoms with van der Waals surface area (Å²) in [6.07, 6.45) is 1.71. The topological polar surface area (TPSA) is 73.2 Å². The van der Waals surface area contributed by atoms with Gasteiger partial charge in [-0.05, 0) is 61.5 Å². The summed E-state index contributed by atoms with van der Waals surface area (Å²) in [5.41, 5.74) is 2.76. The molecule has 0 aliphatic heterocycles. The van der Waals surface area contributed by atoms with E-state index in [9.17, 15) is 9.59 Å². The van der Waals surface area contributed by atoms with Gasteiger partial charge in [-0.15, -0.1) is 0 Å². The zero-order valence-electron chi connectivity index (χ0n) is 14.0. The molecule has 0 fully saturated rings. The van der Waals surface area contributed by atoms with Crippen LogP contribution in [0.5, 0.6) is 0 Å². The van der Waals surface area contributed by atoms with Gasteiger partial charge in [-0.2, -0.15) is 5.10 Å². The maximum Gasteiger partial charge on any atom is 0.338 e. The second kappa shape index (κ2) is 7.84. The van der Waals surface area contributed by atoms with E-state index in [1.165, 1.54) is 0 Å². The Labute approximate surface area is 155 Å². The van der Waals surface area contributed by atoms with E-state index in [1.807, 2.05) is 13.0 Å². The zero-order valence-corrected chi connectivity index (χ0v) is 14.7. The third-order valence-corrected chi connectivity index (χ3v) is 3.89. The van der Waals surface area contributed by atoms with Crippen LogP contribution in [0.3, 0.4) is 0 Å². The summed E-state index contributed by atoms with van der Waals surface area (Å²) in [5.74, 6) is -0.996. The minimum atomic E-state index is -0.569. The lowest BCUT2D eigenvalue weighted by Gasteiger charge is -2.08. The van der Waals surface area contributed by atoms with Gasteiger partial charge in [0.2, 0.25) is 0 Å². The van der Waals surface area contributed by atoms with Crippen molar-refractivity contribution in [2.45, 2.75) is 6.92 Å². The molecular weight excluding hydrogens is 354 g/mol. The second-order valence-electron chi connectivity index (χ2n) is 5.56. The Balaban J connectivity index is 1.55. The van der Waals surface area contributed by atoms with Gasteiger partial charge >= 0.3 is 5.97 Å². The number of aromatic nitrogens is 2. The molecule has 132 valence electrons. The van der Waals surface area contributed by atoms with E-state index in [-0.39, 0.29) is 6.61 Å². The Morgan fingerprint density at radius 1 is 1.08 bits per heavy atom. The lowest BCUT2D eigenvalue weighted by Crippen LogP contribution is -2.20. The van der Waals surface area contributed by atoms with Crippen LogP contribution in [-0.4, -0.2) is 28.3 Å². The molecule has 1 heterocycles. The Hall–Kier alpha value is -3.12. The molecular formula is C19H16ClN3O3. The van der Waals surface area contributed by atoms with Gasteiger partial charge in [0.15, 0.2) is 6.61 Å². The molecule has 7 heteroatoms. The number of benzene rings is 2. The summed E-state index contributed by atoms with van der Waals surface area (Å²) >= 11 is 5.78. The standard InChI is InChI=1S/C19H16ClN3O3/c1-13-10-11-21-23(13)17-8-2-14(3-9-17)19(25)26-12-18(24)22-16-6-4-15(20)5-7-16/h2-11H,12H2,1H3,(H,22,24). The van der Waals surface area contributed by atoms with Gasteiger partial charge in [0.05, 0.1) is 11.3 Å². The minimum absolute atomic E-state index is 0.359. The molecule has 1 amide bonds. The van der Waals surface area contributed by atoms with Crippen molar-refractivity contribution >= 4 is 29.2 Å². The molecule has 1 N–H and O–H groups in total. The van der Waals surface area contributed by atoms with Gasteiger partial charge in [0.1, 0.15) is 0 Å². The normalized spacial score (nSPS) is 10.4. The number of rotatable bonds is 5. The molecule has 0 saturated heterocycles. The van der Waals surface area contributed by atoms with E-state index < -0.39 is 11.9 Å². The molecule has 0 unspecified atom stereocenters. The largest absolute Gasteiger partial charge is 0.452 e. The fraction of sp³-hybridized carbons (Fsp3) is 0.105. The molecule has 0 aliphatic rings. The van der Waals surface area contributed by atoms with Crippen molar-refractivity contribution in [3.63, 3.8) is 0 Å². The highest BCUT2D eigenvalue weighted by atomic mass is 35.5. The molecule has 0 bridgehead atoms. The number of nitrogens with one attached hydrogen (secondary N) is 1. The number of esters is 1. The summed E-state index contributed by atoms with van der Waals surface area (Å²) in [6, 6.07) is 15.3. The first kappa shape index (κ1) is 17.7. The van der Waals surface area contributed by atoms with E-state index >= 15 is 0 Å². The molecule has 0 atom stereocenters. The molecule has 1 aromatic heterocycles. The van der Waals surface area contributed by atoms with Gasteiger partial charge in [0.25, 0.3) is 5.91 Å². The van der Waals surface area contributed by atoms with Gasteiger partial charge in [0, 0.05) is 22.6 Å². The number of nitrogens with zero attached hydrogens (tertiary/aromatic N) is 2. The van der Waals surface area contributed by atoms with Crippen LogP contribution in [0, 0.1) is 6.92 Å². The molecule has 3 rings (SSSR count). The number of carbonyl (C=O) groups excluding carboxylic acids is 2. The predicted octanol–water partition coefficient (Wildman–Crippen LogP) is 3.63. The number of hydrogen-bond donors (Lipinski definition) is 1. The van der Waals surface area contributed by atoms with Crippen molar-refractivity contribution < 1.29 is 14.3 Å². The highest BCUT2D eigenvalue weighted by Gasteiger charge is 2.11. The Morgan fingerprint density at radius 3 is 2.38 bits per heavy atom. The van der Waals surface area contributed by atoms with Crippen LogP contribution in [0.2, 0.25) is 5.02 Å². The fourth-order valence-electron chi connectivity index (χ4n) is 2.32. The van der Waals surface area contributed by atoms with Crippen LogP contribution in [0.1, 0.15) is 16.1 Å². The average molecular weight is 370 g/mol. The van der Waals surface area contributed by atoms with Crippen molar-refractivity contribution in [3.05, 3.63) is 77.1 Å². The number of carbonyl (C=O) groups is 2. The van der Waals surface area contributed by atoms with Crippen LogP contribution >= 0.6 is 11.6 Å². The van der Waals surface area contributed by atoms with E-state index in [4.69, 9.17) is 16.3 Å². The van der Waals surface area contributed by atoms with Crippen molar-refractivity contribution in [2.24, 2.45) is 0 Å². The van der Waals surface area contributed by atoms with E-state index in [0.717, 1.165) is 11.4 Å². The Morgan fingerprint density at radius 2 is 1.77 bits per heavy atom. The Kier molecular flexibility index (Phi) is 5.34. The van der Waals surface area contributed by atoms with Crippen molar-refractivity contribution in [3.8, 4) is 5.69 Å². The minimum Gasteiger partial charge on any atom is -0.452 e. The number of halogens is 1. The maximum absolute atomic E-state index is 12.1. The lowest BCUT2D eigenvalue weighted by atomic mass is 10.2. The number of anilines is 1. The first-order valence-corrected chi connectivity index (χ1v) is 8.24. The fourth-order valence-corrected chi connectivity index (χ4v) is 2.45. The summed E-state index contributed by atoms with van der Waals surface area (Å²) in [4.78, 5) is 23.9. The van der Waals surface area contributed by atoms with Crippen LogP contribution in [0.25, 0.3) is 5.69 Å². The third kappa shape index (κ3) is 4.29. The number of ether oxygens (including phenoxy) is 1. The molecule has 0 saturated carbocycles. The molecule has 26 heavy (non-hydrogen) atoms. The van der Waals surface area contributed by atoms with E-state index in [0.29, 0.717) is 16.3 Å². The molecule has 0 spiro atoms. The zero-order chi connectivity index (χ0) is 18.5. The number of aryl methyl sites for hydroxylation is 1. The van der Waals surface area contributed by atoms with Crippen LogP contribution < -0.4 is 5.32 Å². The smallest absolute Gasteiger partial charge is 0.338 e. The van der Waals surface area contributed by atoms with E-state index in [1.54, 1.807) is 59.4 Å². The van der Waals surface area contributed by atoms with Crippen LogP contribution in [-0.2, 0) is 9.53 Å². The van der Waals surface area contributed by atoms with Gasteiger partial charge in [-0.25, -0.2) is 9.48 Å². The molecule has 0 radical (unpaired) electrons. The monoisotopic (exact) mass is 369 g/mol. The van der Waals surface area contributed by atoms with Crippen molar-refractivity contribution in [1.29, 1.82) is 0 Å². The summed E-state index contributed by atoms with van der Waals surface area (Å²) in [7, 11) is 0. The van der Waals surface area contributed by atoms with Gasteiger partial charge in [-0.3, -0.25) is 4.79 Å². The van der Waals surface area contributed by atoms with Crippen molar-refractivity contribution in [1.82, 2.24) is 9.78 Å². The van der Waals surface area contributed by atoms with Crippen LogP contribution in [0.4, 0.5) is 5.69 Å². The van der Waals surface area contributed by atoms with E-state index in [2.05, 4.69) is 10.4 Å². The number of hydrogen-bond acceptors (Lipinski definition) is 4.